The van der Waals surface area contributed by atoms with Crippen molar-refractivity contribution >= 4 is 29.1 Å². The monoisotopic (exact) mass is 465 g/mol. The van der Waals surface area contributed by atoms with Gasteiger partial charge in [0.15, 0.2) is 17.3 Å². The van der Waals surface area contributed by atoms with E-state index in [1.54, 1.807) is 17.0 Å². The zero-order valence-electron chi connectivity index (χ0n) is 18.3. The van der Waals surface area contributed by atoms with Gasteiger partial charge in [0.1, 0.15) is 11.4 Å². The van der Waals surface area contributed by atoms with E-state index in [0.29, 0.717) is 18.7 Å². The first-order valence-electron chi connectivity index (χ1n) is 10.9. The lowest BCUT2D eigenvalue weighted by molar-refractivity contribution is -0.117. The number of nitrogens with zero attached hydrogens (tertiary/aromatic N) is 4. The topological polar surface area (TPSA) is 102 Å². The molecule has 1 fully saturated rings. The number of fused-ring (bicyclic) bond motifs is 1. The average Bonchev–Trinajstić information content (AvgIpc) is 3.39. The van der Waals surface area contributed by atoms with Crippen molar-refractivity contribution in [3.63, 3.8) is 0 Å². The van der Waals surface area contributed by atoms with Crippen molar-refractivity contribution in [1.29, 1.82) is 0 Å². The third-order valence-corrected chi connectivity index (χ3v) is 6.26. The van der Waals surface area contributed by atoms with Crippen LogP contribution in [0, 0.1) is 18.6 Å². The predicted molar refractivity (Wildman–Crippen MR) is 120 cm³/mol. The van der Waals surface area contributed by atoms with Gasteiger partial charge < -0.3 is 15.5 Å². The van der Waals surface area contributed by atoms with Gasteiger partial charge in [-0.05, 0) is 55.7 Å². The Balaban J connectivity index is 1.59. The first-order chi connectivity index (χ1) is 16.3. The van der Waals surface area contributed by atoms with Crippen LogP contribution in [0.5, 0.6) is 0 Å². The van der Waals surface area contributed by atoms with Crippen LogP contribution in [0.1, 0.15) is 44.9 Å². The summed E-state index contributed by atoms with van der Waals surface area (Å²) in [5.74, 6) is -3.24. The van der Waals surface area contributed by atoms with Crippen molar-refractivity contribution < 1.29 is 23.2 Å². The van der Waals surface area contributed by atoms with E-state index in [9.17, 15) is 23.2 Å². The molecule has 2 aliphatic rings. The minimum absolute atomic E-state index is 0.0561. The number of aryl methyl sites for hydroxylation is 1. The van der Waals surface area contributed by atoms with Crippen LogP contribution in [0.25, 0.3) is 5.69 Å². The molecule has 0 aliphatic carbocycles. The fraction of sp³-hybridized carbons (Fsp3) is 0.250. The Hall–Kier alpha value is -4.08. The van der Waals surface area contributed by atoms with Crippen LogP contribution in [-0.4, -0.2) is 40.6 Å². The van der Waals surface area contributed by atoms with Crippen LogP contribution in [0.2, 0.25) is 0 Å². The molecule has 2 aromatic carbocycles. The summed E-state index contributed by atoms with van der Waals surface area (Å²) in [4.78, 5) is 40.9. The number of hydrogen-bond donors (Lipinski definition) is 1. The largest absolute Gasteiger partial charge is 0.364 e. The second-order valence-electron chi connectivity index (χ2n) is 8.35. The number of primary amides is 1. The molecule has 0 bridgehead atoms. The molecule has 3 heterocycles. The molecule has 0 atom stereocenters. The maximum absolute atomic E-state index is 14.6. The van der Waals surface area contributed by atoms with Gasteiger partial charge in [0.05, 0.1) is 0 Å². The molecular formula is C24H21F2N5O3. The van der Waals surface area contributed by atoms with Gasteiger partial charge in [0, 0.05) is 36.4 Å². The normalized spacial score (nSPS) is 15.7. The van der Waals surface area contributed by atoms with Gasteiger partial charge in [-0.3, -0.25) is 14.4 Å². The van der Waals surface area contributed by atoms with Crippen LogP contribution >= 0.6 is 0 Å². The SMILES string of the molecule is Cc1cc(N2CCCC2=O)ccc1N1CCc2c(C(N)=O)nn(-c3c(F)cccc3F)c2C1=O. The molecule has 34 heavy (non-hydrogen) atoms. The number of aromatic nitrogens is 2. The summed E-state index contributed by atoms with van der Waals surface area (Å²) < 4.78 is 30.0. The minimum Gasteiger partial charge on any atom is -0.364 e. The van der Waals surface area contributed by atoms with E-state index in [4.69, 9.17) is 5.73 Å². The Kier molecular flexibility index (Phi) is 5.15. The standard InChI is InChI=1S/C24H21F2N5O3/c1-13-12-14(29-10-3-6-19(29)32)7-8-18(13)30-11-9-15-20(23(27)33)28-31(21(15)24(30)34)22-16(25)4-2-5-17(22)26/h2,4-5,7-8,12H,3,6,9-11H2,1H3,(H2,27,33). The average molecular weight is 465 g/mol. The van der Waals surface area contributed by atoms with Crippen molar-refractivity contribution in [3.05, 3.63) is 70.5 Å². The molecule has 0 saturated carbocycles. The molecule has 8 nitrogen and oxygen atoms in total. The molecule has 1 saturated heterocycles. The van der Waals surface area contributed by atoms with E-state index in [1.807, 2.05) is 13.0 Å². The predicted octanol–water partition coefficient (Wildman–Crippen LogP) is 2.89. The molecule has 0 spiro atoms. The molecule has 2 aliphatic heterocycles. The molecule has 5 rings (SSSR count). The van der Waals surface area contributed by atoms with E-state index in [0.717, 1.165) is 34.5 Å². The van der Waals surface area contributed by atoms with Gasteiger partial charge in [0.2, 0.25) is 5.91 Å². The van der Waals surface area contributed by atoms with Gasteiger partial charge in [0.25, 0.3) is 11.8 Å². The zero-order chi connectivity index (χ0) is 24.1. The van der Waals surface area contributed by atoms with E-state index >= 15 is 0 Å². The number of hydrogen-bond acceptors (Lipinski definition) is 4. The number of halogens is 2. The fourth-order valence-corrected chi connectivity index (χ4v) is 4.67. The van der Waals surface area contributed by atoms with Crippen LogP contribution in [0.4, 0.5) is 20.2 Å². The van der Waals surface area contributed by atoms with Crippen LogP contribution in [0.15, 0.2) is 36.4 Å². The lowest BCUT2D eigenvalue weighted by Gasteiger charge is -2.29. The van der Waals surface area contributed by atoms with Gasteiger partial charge in [-0.1, -0.05) is 6.07 Å². The van der Waals surface area contributed by atoms with Crippen LogP contribution in [-0.2, 0) is 11.2 Å². The van der Waals surface area contributed by atoms with Gasteiger partial charge in [-0.25, -0.2) is 13.5 Å². The Morgan fingerprint density at radius 2 is 1.76 bits per heavy atom. The molecule has 3 amide bonds. The highest BCUT2D eigenvalue weighted by molar-refractivity contribution is 6.10. The van der Waals surface area contributed by atoms with E-state index < -0.39 is 29.1 Å². The number of nitrogens with two attached hydrogens (primary N) is 1. The number of rotatable bonds is 4. The number of para-hydroxylation sites is 1. The van der Waals surface area contributed by atoms with Crippen molar-refractivity contribution in [2.75, 3.05) is 22.9 Å². The summed E-state index contributed by atoms with van der Waals surface area (Å²) in [6, 6.07) is 8.65. The van der Waals surface area contributed by atoms with Crippen LogP contribution in [0.3, 0.4) is 0 Å². The lowest BCUT2D eigenvalue weighted by Crippen LogP contribution is -2.39. The zero-order valence-corrected chi connectivity index (χ0v) is 18.3. The Labute approximate surface area is 193 Å². The molecule has 2 N–H and O–H groups in total. The molecule has 174 valence electrons. The molecule has 0 unspecified atom stereocenters. The quantitative estimate of drug-likeness (QED) is 0.640. The second kappa shape index (κ2) is 8.05. The Bertz CT molecular complexity index is 1350. The summed E-state index contributed by atoms with van der Waals surface area (Å²) >= 11 is 0. The van der Waals surface area contributed by atoms with Gasteiger partial charge in [-0.2, -0.15) is 5.10 Å². The van der Waals surface area contributed by atoms with Gasteiger partial charge in [-0.15, -0.1) is 0 Å². The van der Waals surface area contributed by atoms with Crippen molar-refractivity contribution in [2.24, 2.45) is 5.73 Å². The minimum atomic E-state index is -0.929. The summed E-state index contributed by atoms with van der Waals surface area (Å²) in [7, 11) is 0. The van der Waals surface area contributed by atoms with Crippen molar-refractivity contribution in [2.45, 2.75) is 26.2 Å². The Morgan fingerprint density at radius 3 is 2.38 bits per heavy atom. The molecular weight excluding hydrogens is 444 g/mol. The number of benzene rings is 2. The van der Waals surface area contributed by atoms with E-state index in [-0.39, 0.29) is 35.8 Å². The fourth-order valence-electron chi connectivity index (χ4n) is 4.67. The maximum Gasteiger partial charge on any atom is 0.277 e. The van der Waals surface area contributed by atoms with Gasteiger partial charge >= 0.3 is 0 Å². The number of amides is 3. The third-order valence-electron chi connectivity index (χ3n) is 6.26. The number of carbonyl (C=O) groups excluding carboxylic acids is 3. The highest BCUT2D eigenvalue weighted by Crippen LogP contribution is 2.33. The molecule has 10 heteroatoms. The smallest absolute Gasteiger partial charge is 0.277 e. The van der Waals surface area contributed by atoms with Crippen LogP contribution < -0.4 is 15.5 Å². The summed E-state index contributed by atoms with van der Waals surface area (Å²) in [5.41, 5.74) is 6.95. The van der Waals surface area contributed by atoms with E-state index in [1.165, 1.54) is 11.0 Å². The first-order valence-corrected chi connectivity index (χ1v) is 10.9. The van der Waals surface area contributed by atoms with Crippen molar-refractivity contribution in [1.82, 2.24) is 9.78 Å². The first kappa shape index (κ1) is 21.7. The van der Waals surface area contributed by atoms with Crippen molar-refractivity contribution in [3.8, 4) is 5.69 Å². The lowest BCUT2D eigenvalue weighted by atomic mass is 10.0. The molecule has 1 aromatic heterocycles. The summed E-state index contributed by atoms with van der Waals surface area (Å²) in [6.07, 6.45) is 1.53. The highest BCUT2D eigenvalue weighted by atomic mass is 19.1. The highest BCUT2D eigenvalue weighted by Gasteiger charge is 2.36. The van der Waals surface area contributed by atoms with E-state index in [2.05, 4.69) is 5.10 Å². The summed E-state index contributed by atoms with van der Waals surface area (Å²) in [6.45, 7) is 2.69. The Morgan fingerprint density at radius 1 is 1.03 bits per heavy atom. The molecule has 0 radical (unpaired) electrons. The maximum atomic E-state index is 14.6. The number of anilines is 2. The molecule has 3 aromatic rings. The summed E-state index contributed by atoms with van der Waals surface area (Å²) in [5, 5.41) is 4.03. The number of carbonyl (C=O) groups is 3. The third kappa shape index (κ3) is 3.33. The second-order valence-corrected chi connectivity index (χ2v) is 8.35.